The Labute approximate surface area is 124 Å². The molecule has 0 spiro atoms. The van der Waals surface area contributed by atoms with Crippen molar-refractivity contribution in [3.63, 3.8) is 0 Å². The normalized spacial score (nSPS) is 16.0. The van der Waals surface area contributed by atoms with Crippen molar-refractivity contribution in [2.75, 3.05) is 5.32 Å². The zero-order chi connectivity index (χ0) is 15.3. The molecule has 0 heterocycles. The molecule has 1 aliphatic rings. The Balaban J connectivity index is 2.04. The molecule has 21 heavy (non-hydrogen) atoms. The van der Waals surface area contributed by atoms with Gasteiger partial charge < -0.3 is 10.6 Å². The van der Waals surface area contributed by atoms with E-state index < -0.39 is 5.41 Å². The second-order valence-corrected chi connectivity index (χ2v) is 5.14. The summed E-state index contributed by atoms with van der Waals surface area (Å²) in [4.78, 5) is 24.7. The highest BCUT2D eigenvalue weighted by Gasteiger charge is 2.56. The van der Waals surface area contributed by atoms with Gasteiger partial charge in [-0.1, -0.05) is 37.8 Å². The molecule has 2 rings (SSSR count). The highest BCUT2D eigenvalue weighted by molar-refractivity contribution is 6.13. The highest BCUT2D eigenvalue weighted by Crippen LogP contribution is 2.47. The first-order valence-electron chi connectivity index (χ1n) is 7.12. The number of hydrogen-bond donors (Lipinski definition) is 2. The van der Waals surface area contributed by atoms with Crippen molar-refractivity contribution >= 4 is 17.5 Å². The van der Waals surface area contributed by atoms with Crippen LogP contribution in [0.15, 0.2) is 54.8 Å². The minimum absolute atomic E-state index is 0.231. The number of amides is 2. The van der Waals surface area contributed by atoms with Crippen LogP contribution in [0.2, 0.25) is 0 Å². The molecule has 0 saturated heterocycles. The van der Waals surface area contributed by atoms with E-state index in [-0.39, 0.29) is 11.8 Å². The Bertz CT molecular complexity index is 572. The van der Waals surface area contributed by atoms with Gasteiger partial charge in [0.05, 0.1) is 0 Å². The van der Waals surface area contributed by atoms with E-state index in [1.807, 2.05) is 25.1 Å². The molecule has 4 heteroatoms. The quantitative estimate of drug-likeness (QED) is 0.623. The molecule has 1 fully saturated rings. The molecule has 1 aromatic carbocycles. The van der Waals surface area contributed by atoms with E-state index in [0.29, 0.717) is 24.9 Å². The molecular weight excluding hydrogens is 264 g/mol. The number of rotatable bonds is 6. The maximum atomic E-state index is 12.4. The minimum atomic E-state index is -0.925. The lowest BCUT2D eigenvalue weighted by Crippen LogP contribution is -2.39. The van der Waals surface area contributed by atoms with Gasteiger partial charge in [0.25, 0.3) is 0 Å². The van der Waals surface area contributed by atoms with Gasteiger partial charge in [-0.2, -0.15) is 0 Å². The fourth-order valence-corrected chi connectivity index (χ4v) is 2.11. The summed E-state index contributed by atoms with van der Waals surface area (Å²) in [6.07, 6.45) is 5.24. The third-order valence-corrected chi connectivity index (χ3v) is 3.62. The predicted octanol–water partition coefficient (Wildman–Crippen LogP) is 3.00. The smallest absolute Gasteiger partial charge is 0.240 e. The van der Waals surface area contributed by atoms with Crippen LogP contribution in [-0.4, -0.2) is 11.8 Å². The molecule has 0 bridgehead atoms. The molecule has 0 aromatic heterocycles. The van der Waals surface area contributed by atoms with Crippen molar-refractivity contribution in [3.8, 4) is 0 Å². The van der Waals surface area contributed by atoms with Gasteiger partial charge in [-0.15, -0.1) is 0 Å². The van der Waals surface area contributed by atoms with E-state index >= 15 is 0 Å². The third-order valence-electron chi connectivity index (χ3n) is 3.62. The van der Waals surface area contributed by atoms with Crippen LogP contribution in [0.5, 0.6) is 0 Å². The van der Waals surface area contributed by atoms with Crippen LogP contribution in [0, 0.1) is 5.41 Å². The number of allylic oxidation sites excluding steroid dienone is 3. The molecular formula is C17H20N2O2. The Morgan fingerprint density at radius 2 is 1.90 bits per heavy atom. The van der Waals surface area contributed by atoms with Crippen molar-refractivity contribution in [2.45, 2.75) is 26.2 Å². The van der Waals surface area contributed by atoms with E-state index in [9.17, 15) is 9.59 Å². The number of carbonyl (C=O) groups is 2. The fraction of sp³-hybridized carbons (Fsp3) is 0.294. The first-order valence-corrected chi connectivity index (χ1v) is 7.12. The zero-order valence-electron chi connectivity index (χ0n) is 12.2. The van der Waals surface area contributed by atoms with Crippen molar-refractivity contribution in [2.24, 2.45) is 5.41 Å². The molecule has 1 aliphatic carbocycles. The number of benzene rings is 1. The fourth-order valence-electron chi connectivity index (χ4n) is 2.11. The summed E-state index contributed by atoms with van der Waals surface area (Å²) in [5.74, 6) is -0.467. The van der Waals surface area contributed by atoms with E-state index in [0.717, 1.165) is 5.70 Å². The molecule has 2 N–H and O–H groups in total. The van der Waals surface area contributed by atoms with Crippen molar-refractivity contribution in [1.82, 2.24) is 5.32 Å². The molecule has 1 aromatic rings. The topological polar surface area (TPSA) is 58.2 Å². The van der Waals surface area contributed by atoms with Gasteiger partial charge in [-0.3, -0.25) is 9.59 Å². The lowest BCUT2D eigenvalue weighted by atomic mass is 10.0. The zero-order valence-corrected chi connectivity index (χ0v) is 12.2. The first kappa shape index (κ1) is 15.0. The summed E-state index contributed by atoms with van der Waals surface area (Å²) in [6, 6.07) is 9.18. The van der Waals surface area contributed by atoms with E-state index in [1.54, 1.807) is 24.3 Å². The van der Waals surface area contributed by atoms with Crippen LogP contribution < -0.4 is 10.6 Å². The lowest BCUT2D eigenvalue weighted by molar-refractivity contribution is -0.133. The average Bonchev–Trinajstić information content (AvgIpc) is 3.29. The van der Waals surface area contributed by atoms with Gasteiger partial charge in [0.1, 0.15) is 5.41 Å². The summed E-state index contributed by atoms with van der Waals surface area (Å²) in [7, 11) is 0. The Morgan fingerprint density at radius 1 is 1.24 bits per heavy atom. The Hall–Kier alpha value is -2.36. The second-order valence-electron chi connectivity index (χ2n) is 5.14. The third kappa shape index (κ3) is 3.40. The summed E-state index contributed by atoms with van der Waals surface area (Å²) in [5, 5.41) is 5.64. The minimum Gasteiger partial charge on any atom is -0.329 e. The molecule has 0 aliphatic heterocycles. The number of para-hydroxylation sites is 1. The van der Waals surface area contributed by atoms with E-state index in [4.69, 9.17) is 0 Å². The number of anilines is 1. The van der Waals surface area contributed by atoms with Crippen LogP contribution in [-0.2, 0) is 9.59 Å². The lowest BCUT2D eigenvalue weighted by Gasteiger charge is -2.16. The maximum Gasteiger partial charge on any atom is 0.240 e. The van der Waals surface area contributed by atoms with Gasteiger partial charge in [-0.25, -0.2) is 0 Å². The Morgan fingerprint density at radius 3 is 2.43 bits per heavy atom. The summed E-state index contributed by atoms with van der Waals surface area (Å²) >= 11 is 0. The number of hydrogen-bond acceptors (Lipinski definition) is 2. The molecule has 0 unspecified atom stereocenters. The van der Waals surface area contributed by atoms with Crippen LogP contribution in [0.1, 0.15) is 26.2 Å². The summed E-state index contributed by atoms with van der Waals surface area (Å²) in [5.41, 5.74) is 0.554. The molecule has 110 valence electrons. The van der Waals surface area contributed by atoms with Crippen molar-refractivity contribution in [1.29, 1.82) is 0 Å². The molecule has 0 radical (unpaired) electrons. The van der Waals surface area contributed by atoms with Crippen LogP contribution in [0.25, 0.3) is 0 Å². The largest absolute Gasteiger partial charge is 0.329 e. The molecule has 2 amide bonds. The average molecular weight is 284 g/mol. The Kier molecular flexibility index (Phi) is 4.58. The summed E-state index contributed by atoms with van der Waals surface area (Å²) < 4.78 is 0. The van der Waals surface area contributed by atoms with Crippen molar-refractivity contribution < 1.29 is 9.59 Å². The maximum absolute atomic E-state index is 12.4. The van der Waals surface area contributed by atoms with Gasteiger partial charge in [0.15, 0.2) is 0 Å². The van der Waals surface area contributed by atoms with Gasteiger partial charge in [0, 0.05) is 11.4 Å². The first-order chi connectivity index (χ1) is 10.1. The molecule has 4 nitrogen and oxygen atoms in total. The highest BCUT2D eigenvalue weighted by atomic mass is 16.2. The number of carbonyl (C=O) groups excluding carboxylic acids is 2. The summed E-state index contributed by atoms with van der Waals surface area (Å²) in [6.45, 7) is 5.56. The van der Waals surface area contributed by atoms with Gasteiger partial charge in [-0.05, 0) is 37.5 Å². The van der Waals surface area contributed by atoms with Crippen molar-refractivity contribution in [3.05, 3.63) is 54.8 Å². The second kappa shape index (κ2) is 6.39. The van der Waals surface area contributed by atoms with Gasteiger partial charge in [0.2, 0.25) is 11.8 Å². The van der Waals surface area contributed by atoms with Crippen LogP contribution in [0.3, 0.4) is 0 Å². The monoisotopic (exact) mass is 284 g/mol. The molecule has 1 saturated carbocycles. The van der Waals surface area contributed by atoms with Gasteiger partial charge >= 0.3 is 0 Å². The van der Waals surface area contributed by atoms with Crippen LogP contribution in [0.4, 0.5) is 5.69 Å². The predicted molar refractivity (Wildman–Crippen MR) is 83.5 cm³/mol. The van der Waals surface area contributed by atoms with Crippen LogP contribution >= 0.6 is 0 Å². The van der Waals surface area contributed by atoms with E-state index in [2.05, 4.69) is 17.2 Å². The standard InChI is InChI=1S/C17H20N2O2/c1-3-8-13(4-2)18-15(20)17(11-12-17)16(21)19-14-9-6-5-7-10-14/h3,5-10H,1,4,11-12H2,2H3,(H,18,20)(H,19,21)/b13-8+. The van der Waals surface area contributed by atoms with E-state index in [1.165, 1.54) is 0 Å². The molecule has 0 atom stereocenters. The SMILES string of the molecule is C=C/C=C(\CC)NC(=O)C1(C(=O)Nc2ccccc2)CC1. The number of nitrogens with one attached hydrogen (secondary N) is 2.